The lowest BCUT2D eigenvalue weighted by Gasteiger charge is -2.32. The third-order valence-corrected chi connectivity index (χ3v) is 3.49. The first-order valence-corrected chi connectivity index (χ1v) is 7.47. The van der Waals surface area contributed by atoms with Crippen molar-refractivity contribution in [3.63, 3.8) is 0 Å². The van der Waals surface area contributed by atoms with Gasteiger partial charge in [-0.05, 0) is 25.5 Å². The average molecular weight is 290 g/mol. The predicted octanol–water partition coefficient (Wildman–Crippen LogP) is 2.11. The smallest absolute Gasteiger partial charge is 0.267 e. The number of hydrogen-bond acceptors (Lipinski definition) is 3. The summed E-state index contributed by atoms with van der Waals surface area (Å²) in [7, 11) is 0. The predicted molar refractivity (Wildman–Crippen MR) is 81.4 cm³/mol. The molecule has 21 heavy (non-hydrogen) atoms. The van der Waals surface area contributed by atoms with Crippen LogP contribution in [0.1, 0.15) is 33.1 Å². The molecule has 1 atom stereocenters. The van der Waals surface area contributed by atoms with E-state index in [0.29, 0.717) is 25.3 Å². The number of benzene rings is 1. The summed E-state index contributed by atoms with van der Waals surface area (Å²) in [5, 5.41) is 2.87. The third kappa shape index (κ3) is 3.74. The number of amides is 2. The van der Waals surface area contributed by atoms with Gasteiger partial charge in [-0.15, -0.1) is 0 Å². The molecule has 114 valence electrons. The minimum atomic E-state index is -0.511. The highest BCUT2D eigenvalue weighted by atomic mass is 16.5. The Morgan fingerprint density at radius 2 is 2.14 bits per heavy atom. The number of rotatable bonds is 6. The van der Waals surface area contributed by atoms with Crippen molar-refractivity contribution in [2.24, 2.45) is 0 Å². The maximum atomic E-state index is 12.2. The summed E-state index contributed by atoms with van der Waals surface area (Å²) in [6.07, 6.45) is 1.81. The molecule has 5 nitrogen and oxygen atoms in total. The summed E-state index contributed by atoms with van der Waals surface area (Å²) >= 11 is 0. The molecule has 1 aliphatic heterocycles. The highest BCUT2D eigenvalue weighted by Crippen LogP contribution is 2.33. The minimum absolute atomic E-state index is 0.0205. The van der Waals surface area contributed by atoms with E-state index in [1.54, 1.807) is 11.8 Å². The molecule has 0 bridgehead atoms. The van der Waals surface area contributed by atoms with E-state index in [2.05, 4.69) is 12.2 Å². The fourth-order valence-electron chi connectivity index (χ4n) is 2.30. The number of carbonyl (C=O) groups excluding carboxylic acids is 2. The first-order valence-electron chi connectivity index (χ1n) is 7.47. The Balaban J connectivity index is 1.98. The molecule has 0 aromatic heterocycles. The molecule has 1 aromatic rings. The molecule has 1 unspecified atom stereocenters. The zero-order valence-corrected chi connectivity index (χ0v) is 12.6. The molecule has 0 saturated heterocycles. The van der Waals surface area contributed by atoms with Crippen LogP contribution in [0.15, 0.2) is 24.3 Å². The van der Waals surface area contributed by atoms with Gasteiger partial charge in [0.05, 0.1) is 5.69 Å². The standard InChI is InChI=1S/C16H22N2O3/c1-3-4-10-17-15(19)9-11-18-13-7-5-6-8-14(13)21-12(2)16(18)20/h5-8,12H,3-4,9-11H2,1-2H3,(H,17,19). The van der Waals surface area contributed by atoms with Crippen LogP contribution in [0.25, 0.3) is 0 Å². The van der Waals surface area contributed by atoms with Crippen molar-refractivity contribution in [3.8, 4) is 5.75 Å². The second kappa shape index (κ2) is 7.11. The van der Waals surface area contributed by atoms with Crippen molar-refractivity contribution in [2.45, 2.75) is 39.2 Å². The summed E-state index contributed by atoms with van der Waals surface area (Å²) in [4.78, 5) is 25.7. The van der Waals surface area contributed by atoms with Crippen LogP contribution in [0.5, 0.6) is 5.75 Å². The number of unbranched alkanes of at least 4 members (excludes halogenated alkanes) is 1. The van der Waals surface area contributed by atoms with Crippen LogP contribution in [0.4, 0.5) is 5.69 Å². The second-order valence-corrected chi connectivity index (χ2v) is 5.17. The van der Waals surface area contributed by atoms with Crippen molar-refractivity contribution >= 4 is 17.5 Å². The average Bonchev–Trinajstić information content (AvgIpc) is 2.48. The molecule has 0 spiro atoms. The van der Waals surface area contributed by atoms with Crippen molar-refractivity contribution < 1.29 is 14.3 Å². The molecular formula is C16H22N2O3. The number of carbonyl (C=O) groups is 2. The van der Waals surface area contributed by atoms with Gasteiger partial charge in [0.25, 0.3) is 5.91 Å². The fourth-order valence-corrected chi connectivity index (χ4v) is 2.30. The van der Waals surface area contributed by atoms with Crippen molar-refractivity contribution in [1.82, 2.24) is 5.32 Å². The molecular weight excluding hydrogens is 268 g/mol. The number of fused-ring (bicyclic) bond motifs is 1. The normalized spacial score (nSPS) is 17.1. The Labute approximate surface area is 125 Å². The van der Waals surface area contributed by atoms with Gasteiger partial charge < -0.3 is 15.0 Å². The van der Waals surface area contributed by atoms with E-state index in [0.717, 1.165) is 18.5 Å². The molecule has 1 heterocycles. The van der Waals surface area contributed by atoms with Crippen LogP contribution in [-0.4, -0.2) is 31.0 Å². The van der Waals surface area contributed by atoms with Gasteiger partial charge >= 0.3 is 0 Å². The largest absolute Gasteiger partial charge is 0.479 e. The molecule has 1 aromatic carbocycles. The van der Waals surface area contributed by atoms with E-state index in [1.165, 1.54) is 0 Å². The van der Waals surface area contributed by atoms with Crippen molar-refractivity contribution in [3.05, 3.63) is 24.3 Å². The van der Waals surface area contributed by atoms with Crippen LogP contribution in [0.2, 0.25) is 0 Å². The Kier molecular flexibility index (Phi) is 5.20. The Bertz CT molecular complexity index is 516. The monoisotopic (exact) mass is 290 g/mol. The lowest BCUT2D eigenvalue weighted by Crippen LogP contribution is -2.45. The quantitative estimate of drug-likeness (QED) is 0.816. The lowest BCUT2D eigenvalue weighted by molar-refractivity contribution is -0.125. The molecule has 0 aliphatic carbocycles. The summed E-state index contributed by atoms with van der Waals surface area (Å²) in [6.45, 7) is 4.88. The first-order chi connectivity index (χ1) is 10.1. The zero-order valence-electron chi connectivity index (χ0n) is 12.6. The molecule has 5 heteroatoms. The summed E-state index contributed by atoms with van der Waals surface area (Å²) in [6, 6.07) is 7.41. The van der Waals surface area contributed by atoms with E-state index in [9.17, 15) is 9.59 Å². The number of para-hydroxylation sites is 2. The Hall–Kier alpha value is -2.04. The van der Waals surface area contributed by atoms with Gasteiger partial charge in [-0.1, -0.05) is 25.5 Å². The molecule has 1 N–H and O–H groups in total. The number of nitrogens with zero attached hydrogens (tertiary/aromatic N) is 1. The second-order valence-electron chi connectivity index (χ2n) is 5.17. The van der Waals surface area contributed by atoms with Gasteiger partial charge in [0.15, 0.2) is 6.10 Å². The highest BCUT2D eigenvalue weighted by Gasteiger charge is 2.31. The van der Waals surface area contributed by atoms with Crippen LogP contribution in [0, 0.1) is 0 Å². The third-order valence-electron chi connectivity index (χ3n) is 3.49. The Morgan fingerprint density at radius 1 is 1.38 bits per heavy atom. The number of hydrogen-bond donors (Lipinski definition) is 1. The molecule has 0 saturated carbocycles. The van der Waals surface area contributed by atoms with Gasteiger partial charge in [0, 0.05) is 19.5 Å². The molecule has 0 radical (unpaired) electrons. The molecule has 0 fully saturated rings. The van der Waals surface area contributed by atoms with Crippen LogP contribution < -0.4 is 15.0 Å². The van der Waals surface area contributed by atoms with Crippen molar-refractivity contribution in [2.75, 3.05) is 18.0 Å². The van der Waals surface area contributed by atoms with E-state index in [1.807, 2.05) is 24.3 Å². The number of ether oxygens (including phenoxy) is 1. The lowest BCUT2D eigenvalue weighted by atomic mass is 10.1. The fraction of sp³-hybridized carbons (Fsp3) is 0.500. The first kappa shape index (κ1) is 15.4. The minimum Gasteiger partial charge on any atom is -0.479 e. The van der Waals surface area contributed by atoms with E-state index < -0.39 is 6.10 Å². The SMILES string of the molecule is CCCCNC(=O)CCN1C(=O)C(C)Oc2ccccc21. The van der Waals surface area contributed by atoms with Gasteiger partial charge in [-0.2, -0.15) is 0 Å². The Morgan fingerprint density at radius 3 is 2.90 bits per heavy atom. The molecule has 2 amide bonds. The van der Waals surface area contributed by atoms with Crippen molar-refractivity contribution in [1.29, 1.82) is 0 Å². The van der Waals surface area contributed by atoms with Gasteiger partial charge in [0.1, 0.15) is 5.75 Å². The van der Waals surface area contributed by atoms with E-state index in [4.69, 9.17) is 4.74 Å². The number of anilines is 1. The number of nitrogens with one attached hydrogen (secondary N) is 1. The van der Waals surface area contributed by atoms with Crippen LogP contribution >= 0.6 is 0 Å². The molecule has 2 rings (SSSR count). The van der Waals surface area contributed by atoms with E-state index >= 15 is 0 Å². The van der Waals surface area contributed by atoms with Crippen LogP contribution in [0.3, 0.4) is 0 Å². The van der Waals surface area contributed by atoms with Gasteiger partial charge in [-0.25, -0.2) is 0 Å². The summed E-state index contributed by atoms with van der Waals surface area (Å²) in [5.74, 6) is 0.568. The summed E-state index contributed by atoms with van der Waals surface area (Å²) in [5.41, 5.74) is 0.738. The van der Waals surface area contributed by atoms with E-state index in [-0.39, 0.29) is 11.8 Å². The highest BCUT2D eigenvalue weighted by molar-refractivity contribution is 6.00. The van der Waals surface area contributed by atoms with Gasteiger partial charge in [0.2, 0.25) is 5.91 Å². The summed E-state index contributed by atoms with van der Waals surface area (Å²) < 4.78 is 5.57. The maximum absolute atomic E-state index is 12.2. The topological polar surface area (TPSA) is 58.6 Å². The maximum Gasteiger partial charge on any atom is 0.267 e. The molecule has 1 aliphatic rings. The zero-order chi connectivity index (χ0) is 15.2. The van der Waals surface area contributed by atoms with Gasteiger partial charge in [-0.3, -0.25) is 9.59 Å². The van der Waals surface area contributed by atoms with Crippen LogP contribution in [-0.2, 0) is 9.59 Å².